The fourth-order valence-corrected chi connectivity index (χ4v) is 2.06. The van der Waals surface area contributed by atoms with Gasteiger partial charge in [-0.15, -0.1) is 0 Å². The van der Waals surface area contributed by atoms with Crippen LogP contribution in [-0.4, -0.2) is 28.9 Å². The largest absolute Gasteiger partial charge is 0.298 e. The van der Waals surface area contributed by atoms with Crippen molar-refractivity contribution in [3.8, 4) is 0 Å². The van der Waals surface area contributed by atoms with Crippen molar-refractivity contribution in [2.75, 3.05) is 13.1 Å². The highest BCUT2D eigenvalue weighted by molar-refractivity contribution is 5.08. The molecular formula is C12H16F2N2. The summed E-state index contributed by atoms with van der Waals surface area (Å²) in [7, 11) is 0. The van der Waals surface area contributed by atoms with Gasteiger partial charge in [-0.3, -0.25) is 9.88 Å². The Balaban J connectivity index is 1.94. The van der Waals surface area contributed by atoms with E-state index >= 15 is 0 Å². The molecule has 1 saturated heterocycles. The molecule has 0 radical (unpaired) electrons. The van der Waals surface area contributed by atoms with E-state index in [0.29, 0.717) is 19.6 Å². The van der Waals surface area contributed by atoms with Crippen LogP contribution in [0, 0.1) is 5.92 Å². The average molecular weight is 226 g/mol. The third kappa shape index (κ3) is 2.55. The summed E-state index contributed by atoms with van der Waals surface area (Å²) in [5.74, 6) is -3.05. The van der Waals surface area contributed by atoms with Crippen molar-refractivity contribution in [2.45, 2.75) is 25.8 Å². The molecule has 4 heteroatoms. The van der Waals surface area contributed by atoms with Crippen LogP contribution in [0.2, 0.25) is 0 Å². The van der Waals surface area contributed by atoms with Gasteiger partial charge in [-0.2, -0.15) is 0 Å². The van der Waals surface area contributed by atoms with Crippen molar-refractivity contribution >= 4 is 0 Å². The van der Waals surface area contributed by atoms with Gasteiger partial charge in [0.05, 0.1) is 0 Å². The van der Waals surface area contributed by atoms with Crippen LogP contribution in [0.25, 0.3) is 0 Å². The van der Waals surface area contributed by atoms with Crippen LogP contribution in [0.3, 0.4) is 0 Å². The highest BCUT2D eigenvalue weighted by Gasteiger charge is 2.40. The number of hydrogen-bond donors (Lipinski definition) is 0. The van der Waals surface area contributed by atoms with Crippen LogP contribution in [0.15, 0.2) is 24.5 Å². The molecule has 0 aromatic carbocycles. The topological polar surface area (TPSA) is 16.1 Å². The Morgan fingerprint density at radius 3 is 3.00 bits per heavy atom. The van der Waals surface area contributed by atoms with Gasteiger partial charge in [-0.1, -0.05) is 13.0 Å². The summed E-state index contributed by atoms with van der Waals surface area (Å²) in [6.07, 6.45) is 3.47. The van der Waals surface area contributed by atoms with Crippen molar-refractivity contribution < 1.29 is 8.78 Å². The lowest BCUT2D eigenvalue weighted by Crippen LogP contribution is -2.45. The number of piperidine rings is 1. The first kappa shape index (κ1) is 11.5. The maximum atomic E-state index is 13.3. The molecule has 0 bridgehead atoms. The molecule has 2 heterocycles. The van der Waals surface area contributed by atoms with Gasteiger partial charge in [-0.25, -0.2) is 8.78 Å². The second kappa shape index (κ2) is 4.45. The van der Waals surface area contributed by atoms with Crippen LogP contribution in [0.1, 0.15) is 18.9 Å². The van der Waals surface area contributed by atoms with Gasteiger partial charge in [0.2, 0.25) is 0 Å². The molecule has 1 aromatic rings. The zero-order valence-corrected chi connectivity index (χ0v) is 9.37. The number of nitrogens with zero attached hydrogens (tertiary/aromatic N) is 2. The summed E-state index contributed by atoms with van der Waals surface area (Å²) in [6.45, 7) is 3.26. The minimum atomic E-state index is -2.49. The van der Waals surface area contributed by atoms with Gasteiger partial charge in [0.25, 0.3) is 5.92 Å². The predicted molar refractivity (Wildman–Crippen MR) is 58.2 cm³/mol. The van der Waals surface area contributed by atoms with E-state index in [4.69, 9.17) is 0 Å². The standard InChI is InChI=1S/C12H16F2N2/c1-10-8-16(6-4-12(10,13)14)9-11-3-2-5-15-7-11/h2-3,5,7,10H,4,6,8-9H2,1H3/t10-/m1/s1. The second-order valence-electron chi connectivity index (χ2n) is 4.51. The van der Waals surface area contributed by atoms with Gasteiger partial charge in [0.1, 0.15) is 0 Å². The van der Waals surface area contributed by atoms with Crippen molar-refractivity contribution in [3.05, 3.63) is 30.1 Å². The Kier molecular flexibility index (Phi) is 3.19. The molecule has 1 aliphatic heterocycles. The van der Waals surface area contributed by atoms with Crippen molar-refractivity contribution in [2.24, 2.45) is 5.92 Å². The lowest BCUT2D eigenvalue weighted by atomic mass is 9.95. The molecule has 1 atom stereocenters. The minimum absolute atomic E-state index is 0.0333. The summed E-state index contributed by atoms with van der Waals surface area (Å²) in [4.78, 5) is 6.09. The zero-order valence-electron chi connectivity index (χ0n) is 9.37. The smallest absolute Gasteiger partial charge is 0.253 e. The molecule has 1 aliphatic rings. The number of aromatic nitrogens is 1. The SMILES string of the molecule is C[C@@H]1CN(Cc2cccnc2)CCC1(F)F. The van der Waals surface area contributed by atoms with E-state index in [1.165, 1.54) is 0 Å². The van der Waals surface area contributed by atoms with E-state index in [1.807, 2.05) is 12.1 Å². The molecule has 0 saturated carbocycles. The molecule has 1 aromatic heterocycles. The summed E-state index contributed by atoms with van der Waals surface area (Å²) < 4.78 is 26.5. The van der Waals surface area contributed by atoms with Gasteiger partial charge in [-0.05, 0) is 11.6 Å². The molecule has 1 fully saturated rings. The lowest BCUT2D eigenvalue weighted by Gasteiger charge is -2.36. The number of rotatable bonds is 2. The third-order valence-electron chi connectivity index (χ3n) is 3.14. The van der Waals surface area contributed by atoms with E-state index in [1.54, 1.807) is 19.3 Å². The molecule has 2 rings (SSSR count). The molecule has 0 unspecified atom stereocenters. The number of alkyl halides is 2. The zero-order chi connectivity index (χ0) is 11.6. The molecule has 0 spiro atoms. The number of halogens is 2. The van der Waals surface area contributed by atoms with Gasteiger partial charge in [0, 0.05) is 44.4 Å². The normalized spacial score (nSPS) is 25.6. The third-order valence-corrected chi connectivity index (χ3v) is 3.14. The molecule has 0 N–H and O–H groups in total. The molecule has 0 amide bonds. The lowest BCUT2D eigenvalue weighted by molar-refractivity contribution is -0.100. The highest BCUT2D eigenvalue weighted by atomic mass is 19.3. The first-order chi connectivity index (χ1) is 7.58. The predicted octanol–water partition coefficient (Wildman–Crippen LogP) is 2.56. The second-order valence-corrected chi connectivity index (χ2v) is 4.51. The maximum Gasteiger partial charge on any atom is 0.253 e. The summed E-state index contributed by atoms with van der Waals surface area (Å²) in [5.41, 5.74) is 1.08. The maximum absolute atomic E-state index is 13.3. The van der Waals surface area contributed by atoms with Crippen LogP contribution < -0.4 is 0 Å². The molecule has 2 nitrogen and oxygen atoms in total. The van der Waals surface area contributed by atoms with Gasteiger partial charge >= 0.3 is 0 Å². The Bertz CT molecular complexity index is 340. The molecule has 88 valence electrons. The Morgan fingerprint density at radius 2 is 2.38 bits per heavy atom. The molecule has 0 aliphatic carbocycles. The summed E-state index contributed by atoms with van der Waals surface area (Å²) in [5, 5.41) is 0. The number of hydrogen-bond acceptors (Lipinski definition) is 2. The average Bonchev–Trinajstić information content (AvgIpc) is 2.26. The van der Waals surface area contributed by atoms with Crippen LogP contribution in [-0.2, 0) is 6.54 Å². The Hall–Kier alpha value is -1.03. The van der Waals surface area contributed by atoms with Crippen LogP contribution in [0.4, 0.5) is 8.78 Å². The minimum Gasteiger partial charge on any atom is -0.298 e. The van der Waals surface area contributed by atoms with Crippen LogP contribution in [0.5, 0.6) is 0 Å². The van der Waals surface area contributed by atoms with Gasteiger partial charge in [0.15, 0.2) is 0 Å². The monoisotopic (exact) mass is 226 g/mol. The number of pyridine rings is 1. The van der Waals surface area contributed by atoms with E-state index in [2.05, 4.69) is 9.88 Å². The van der Waals surface area contributed by atoms with Crippen molar-refractivity contribution in [3.63, 3.8) is 0 Å². The van der Waals surface area contributed by atoms with Crippen molar-refractivity contribution in [1.82, 2.24) is 9.88 Å². The quantitative estimate of drug-likeness (QED) is 0.770. The van der Waals surface area contributed by atoms with Crippen LogP contribution >= 0.6 is 0 Å². The first-order valence-electron chi connectivity index (χ1n) is 5.57. The fraction of sp³-hybridized carbons (Fsp3) is 0.583. The highest BCUT2D eigenvalue weighted by Crippen LogP contribution is 2.33. The Labute approximate surface area is 94.3 Å². The Morgan fingerprint density at radius 1 is 1.56 bits per heavy atom. The van der Waals surface area contributed by atoms with E-state index in [9.17, 15) is 8.78 Å². The summed E-state index contributed by atoms with van der Waals surface area (Å²) in [6, 6.07) is 3.85. The van der Waals surface area contributed by atoms with E-state index in [-0.39, 0.29) is 6.42 Å². The molecular weight excluding hydrogens is 210 g/mol. The summed E-state index contributed by atoms with van der Waals surface area (Å²) >= 11 is 0. The van der Waals surface area contributed by atoms with Gasteiger partial charge < -0.3 is 0 Å². The number of likely N-dealkylation sites (tertiary alicyclic amines) is 1. The fourth-order valence-electron chi connectivity index (χ4n) is 2.06. The van der Waals surface area contributed by atoms with E-state index < -0.39 is 11.8 Å². The molecule has 16 heavy (non-hydrogen) atoms. The first-order valence-corrected chi connectivity index (χ1v) is 5.57. The van der Waals surface area contributed by atoms with E-state index in [0.717, 1.165) is 5.56 Å². The van der Waals surface area contributed by atoms with Crippen molar-refractivity contribution in [1.29, 1.82) is 0 Å².